The molecule has 34 heavy (non-hydrogen) atoms. The zero-order valence-electron chi connectivity index (χ0n) is 18.3. The first-order valence-electron chi connectivity index (χ1n) is 10.5. The number of anilines is 1. The summed E-state index contributed by atoms with van der Waals surface area (Å²) in [5.74, 6) is -0.431. The highest BCUT2D eigenvalue weighted by Gasteiger charge is 2.18. The fraction of sp³-hybridized carbons (Fsp3) is 0.167. The number of aryl methyl sites for hydroxylation is 1. The van der Waals surface area contributed by atoms with E-state index in [1.165, 1.54) is 35.1 Å². The van der Waals surface area contributed by atoms with Crippen molar-refractivity contribution in [2.24, 2.45) is 0 Å². The Bertz CT molecular complexity index is 1390. The van der Waals surface area contributed by atoms with Gasteiger partial charge in [-0.2, -0.15) is 15.5 Å². The smallest absolute Gasteiger partial charge is 0.254 e. The third kappa shape index (κ3) is 4.63. The van der Waals surface area contributed by atoms with Gasteiger partial charge in [0.15, 0.2) is 0 Å². The molecular formula is C24H21ClFN7O. The monoisotopic (exact) mass is 477 g/mol. The van der Waals surface area contributed by atoms with Crippen LogP contribution in [0.4, 0.5) is 10.2 Å². The van der Waals surface area contributed by atoms with Gasteiger partial charge in [-0.3, -0.25) is 4.79 Å². The average Bonchev–Trinajstić information content (AvgIpc) is 3.36. The van der Waals surface area contributed by atoms with Gasteiger partial charge in [0.05, 0.1) is 34.5 Å². The molecule has 0 radical (unpaired) electrons. The zero-order chi connectivity index (χ0) is 24.2. The van der Waals surface area contributed by atoms with Crippen LogP contribution >= 0.6 is 11.6 Å². The van der Waals surface area contributed by atoms with E-state index in [9.17, 15) is 14.4 Å². The fourth-order valence-corrected chi connectivity index (χ4v) is 3.79. The average molecular weight is 478 g/mol. The number of nitriles is 1. The summed E-state index contributed by atoms with van der Waals surface area (Å²) in [6.07, 6.45) is 2.49. The van der Waals surface area contributed by atoms with Crippen LogP contribution < -0.4 is 11.1 Å². The molecular weight excluding hydrogens is 457 g/mol. The van der Waals surface area contributed by atoms with E-state index < -0.39 is 0 Å². The van der Waals surface area contributed by atoms with E-state index in [2.05, 4.69) is 21.6 Å². The van der Waals surface area contributed by atoms with Gasteiger partial charge >= 0.3 is 0 Å². The van der Waals surface area contributed by atoms with E-state index >= 15 is 0 Å². The second-order valence-corrected chi connectivity index (χ2v) is 8.04. The number of amides is 1. The predicted molar refractivity (Wildman–Crippen MR) is 127 cm³/mol. The molecule has 10 heteroatoms. The maximum Gasteiger partial charge on any atom is 0.254 e. The van der Waals surface area contributed by atoms with Crippen molar-refractivity contribution in [1.82, 2.24) is 24.9 Å². The zero-order valence-corrected chi connectivity index (χ0v) is 19.1. The van der Waals surface area contributed by atoms with Crippen LogP contribution in [0.5, 0.6) is 0 Å². The Balaban J connectivity index is 1.39. The maximum absolute atomic E-state index is 13.2. The Morgan fingerprint density at radius 1 is 1.21 bits per heavy atom. The molecule has 4 aromatic rings. The Labute approximate surface area is 200 Å². The molecule has 0 saturated heterocycles. The first-order chi connectivity index (χ1) is 16.4. The van der Waals surface area contributed by atoms with Crippen molar-refractivity contribution >= 4 is 23.3 Å². The number of rotatable bonds is 7. The Morgan fingerprint density at radius 2 is 1.97 bits per heavy atom. The van der Waals surface area contributed by atoms with Crippen molar-refractivity contribution in [2.75, 3.05) is 12.3 Å². The molecule has 8 nitrogen and oxygen atoms in total. The highest BCUT2D eigenvalue weighted by molar-refractivity contribution is 6.30. The molecule has 0 aliphatic rings. The summed E-state index contributed by atoms with van der Waals surface area (Å²) in [5.41, 5.74) is 9.35. The number of hydrogen-bond acceptors (Lipinski definition) is 5. The van der Waals surface area contributed by atoms with E-state index in [0.717, 1.165) is 5.69 Å². The number of nitrogens with two attached hydrogens (primary N) is 1. The molecule has 0 unspecified atom stereocenters. The first-order valence-corrected chi connectivity index (χ1v) is 10.9. The standard InChI is InChI=1S/C24H21ClFN7O/c1-15-21(14-30-32(15)19-5-2-4-16(25)12-19)24(34)29-11-3-6-22-20(13-27)23(28)33(31-22)18-9-7-17(26)8-10-18/h2,4-5,7-10,12,14H,3,6,11,28H2,1H3,(H,29,34). The Hall–Kier alpha value is -4.16. The topological polar surface area (TPSA) is 115 Å². The van der Waals surface area contributed by atoms with Crippen LogP contribution in [0.15, 0.2) is 54.7 Å². The van der Waals surface area contributed by atoms with Gasteiger partial charge in [-0.05, 0) is 62.2 Å². The van der Waals surface area contributed by atoms with E-state index in [1.54, 1.807) is 16.8 Å². The second-order valence-electron chi connectivity index (χ2n) is 7.60. The van der Waals surface area contributed by atoms with Gasteiger partial charge in [-0.15, -0.1) is 0 Å². The lowest BCUT2D eigenvalue weighted by atomic mass is 10.1. The minimum Gasteiger partial charge on any atom is -0.382 e. The van der Waals surface area contributed by atoms with Gasteiger partial charge in [0.25, 0.3) is 5.91 Å². The number of halogens is 2. The van der Waals surface area contributed by atoms with Crippen molar-refractivity contribution in [3.8, 4) is 17.4 Å². The SMILES string of the molecule is Cc1c(C(=O)NCCCc2nn(-c3ccc(F)cc3)c(N)c2C#N)cnn1-c1cccc(Cl)c1. The van der Waals surface area contributed by atoms with Gasteiger partial charge in [0.2, 0.25) is 0 Å². The maximum atomic E-state index is 13.2. The number of benzene rings is 2. The molecule has 0 atom stereocenters. The summed E-state index contributed by atoms with van der Waals surface area (Å²) in [5, 5.41) is 21.7. The summed E-state index contributed by atoms with van der Waals surface area (Å²) in [6, 6.07) is 15.0. The lowest BCUT2D eigenvalue weighted by molar-refractivity contribution is 0.0952. The van der Waals surface area contributed by atoms with Gasteiger partial charge in [0.1, 0.15) is 23.3 Å². The molecule has 0 spiro atoms. The minimum absolute atomic E-state index is 0.192. The third-order valence-corrected chi connectivity index (χ3v) is 5.59. The molecule has 0 aliphatic carbocycles. The van der Waals surface area contributed by atoms with Crippen LogP contribution in [-0.2, 0) is 6.42 Å². The van der Waals surface area contributed by atoms with Crippen LogP contribution in [0.25, 0.3) is 11.4 Å². The summed E-state index contributed by atoms with van der Waals surface area (Å²) < 4.78 is 16.3. The Kier molecular flexibility index (Phi) is 6.61. The van der Waals surface area contributed by atoms with Crippen molar-refractivity contribution in [3.05, 3.63) is 88.1 Å². The Morgan fingerprint density at radius 3 is 2.68 bits per heavy atom. The molecule has 2 aromatic heterocycles. The predicted octanol–water partition coefficient (Wildman–Crippen LogP) is 3.98. The van der Waals surface area contributed by atoms with Crippen LogP contribution in [0.1, 0.15) is 33.7 Å². The molecule has 3 N–H and O–H groups in total. The van der Waals surface area contributed by atoms with Crippen molar-refractivity contribution in [3.63, 3.8) is 0 Å². The molecule has 0 fully saturated rings. The van der Waals surface area contributed by atoms with E-state index in [1.807, 2.05) is 19.1 Å². The molecule has 1 amide bonds. The van der Waals surface area contributed by atoms with Crippen molar-refractivity contribution < 1.29 is 9.18 Å². The van der Waals surface area contributed by atoms with Gasteiger partial charge < -0.3 is 11.1 Å². The number of carbonyl (C=O) groups excluding carboxylic acids is 1. The summed E-state index contributed by atoms with van der Waals surface area (Å²) in [4.78, 5) is 12.7. The van der Waals surface area contributed by atoms with Crippen LogP contribution in [0.2, 0.25) is 5.02 Å². The molecule has 2 aromatic carbocycles. The van der Waals surface area contributed by atoms with E-state index in [0.29, 0.717) is 47.0 Å². The van der Waals surface area contributed by atoms with Crippen LogP contribution in [0, 0.1) is 24.1 Å². The normalized spacial score (nSPS) is 10.8. The largest absolute Gasteiger partial charge is 0.382 e. The number of carbonyl (C=O) groups is 1. The molecule has 0 saturated carbocycles. The van der Waals surface area contributed by atoms with Crippen LogP contribution in [-0.4, -0.2) is 32.0 Å². The summed E-state index contributed by atoms with van der Waals surface area (Å²) >= 11 is 6.06. The number of nitrogen functional groups attached to an aromatic ring is 1. The first kappa shape index (κ1) is 23.0. The van der Waals surface area contributed by atoms with E-state index in [4.69, 9.17) is 17.3 Å². The molecule has 0 aliphatic heterocycles. The second kappa shape index (κ2) is 9.77. The van der Waals surface area contributed by atoms with Crippen LogP contribution in [0.3, 0.4) is 0 Å². The number of nitrogens with one attached hydrogen (secondary N) is 1. The van der Waals surface area contributed by atoms with Crippen molar-refractivity contribution in [1.29, 1.82) is 5.26 Å². The van der Waals surface area contributed by atoms with Gasteiger partial charge in [0, 0.05) is 11.6 Å². The lowest BCUT2D eigenvalue weighted by Crippen LogP contribution is -2.25. The quantitative estimate of drug-likeness (QED) is 0.391. The third-order valence-electron chi connectivity index (χ3n) is 5.36. The molecule has 4 rings (SSSR count). The van der Waals surface area contributed by atoms with Gasteiger partial charge in [-0.25, -0.2) is 13.8 Å². The number of nitrogens with zero attached hydrogens (tertiary/aromatic N) is 5. The summed E-state index contributed by atoms with van der Waals surface area (Å²) in [6.45, 7) is 2.18. The minimum atomic E-state index is -0.376. The summed E-state index contributed by atoms with van der Waals surface area (Å²) in [7, 11) is 0. The molecule has 2 heterocycles. The highest BCUT2D eigenvalue weighted by atomic mass is 35.5. The fourth-order valence-electron chi connectivity index (χ4n) is 3.61. The molecule has 172 valence electrons. The number of hydrogen-bond donors (Lipinski definition) is 2. The van der Waals surface area contributed by atoms with E-state index in [-0.39, 0.29) is 23.1 Å². The van der Waals surface area contributed by atoms with Gasteiger partial charge in [-0.1, -0.05) is 17.7 Å². The lowest BCUT2D eigenvalue weighted by Gasteiger charge is -2.07. The van der Waals surface area contributed by atoms with Crippen molar-refractivity contribution in [2.45, 2.75) is 19.8 Å². The highest BCUT2D eigenvalue weighted by Crippen LogP contribution is 2.22. The number of aromatic nitrogens is 4. The molecule has 0 bridgehead atoms.